The molecular formula is C21H16BrClN2O3. The molecule has 0 saturated carbocycles. The van der Waals surface area contributed by atoms with E-state index in [0.29, 0.717) is 10.8 Å². The molecule has 0 spiro atoms. The molecule has 0 N–H and O–H groups in total. The number of ether oxygens (including phenoxy) is 1. The first kappa shape index (κ1) is 20.0. The van der Waals surface area contributed by atoms with Gasteiger partial charge in [-0.25, -0.2) is 0 Å². The molecule has 0 aromatic heterocycles. The van der Waals surface area contributed by atoms with Crippen molar-refractivity contribution in [3.8, 4) is 5.75 Å². The Bertz CT molecular complexity index is 1040. The third kappa shape index (κ3) is 5.18. The maximum absolute atomic E-state index is 10.7. The number of hydrogen-bond donors (Lipinski definition) is 0. The molecule has 0 aliphatic heterocycles. The molecule has 0 heterocycles. The third-order valence-corrected chi connectivity index (χ3v) is 4.92. The Labute approximate surface area is 175 Å². The Balaban J connectivity index is 1.77. The molecule has 0 aliphatic carbocycles. The summed E-state index contributed by atoms with van der Waals surface area (Å²) in [6, 6.07) is 17.5. The van der Waals surface area contributed by atoms with Crippen molar-refractivity contribution in [2.75, 3.05) is 0 Å². The maximum atomic E-state index is 10.7. The molecule has 28 heavy (non-hydrogen) atoms. The van der Waals surface area contributed by atoms with Crippen LogP contribution in [0.4, 0.5) is 11.4 Å². The average molecular weight is 460 g/mol. The second-order valence-electron chi connectivity index (χ2n) is 6.09. The second kappa shape index (κ2) is 8.99. The molecule has 0 atom stereocenters. The van der Waals surface area contributed by atoms with Crippen LogP contribution in [0.25, 0.3) is 0 Å². The van der Waals surface area contributed by atoms with Crippen molar-refractivity contribution in [3.05, 3.63) is 97.0 Å². The summed E-state index contributed by atoms with van der Waals surface area (Å²) in [5.41, 5.74) is 3.43. The Morgan fingerprint density at radius 3 is 2.57 bits per heavy atom. The highest BCUT2D eigenvalue weighted by Crippen LogP contribution is 2.26. The van der Waals surface area contributed by atoms with E-state index in [1.54, 1.807) is 18.3 Å². The van der Waals surface area contributed by atoms with Gasteiger partial charge in [-0.15, -0.1) is 0 Å². The van der Waals surface area contributed by atoms with E-state index in [0.717, 1.165) is 26.9 Å². The predicted octanol–water partition coefficient (Wildman–Crippen LogP) is 6.65. The summed E-state index contributed by atoms with van der Waals surface area (Å²) in [4.78, 5) is 14.8. The van der Waals surface area contributed by atoms with Gasteiger partial charge in [-0.2, -0.15) is 0 Å². The molecule has 3 aromatic carbocycles. The summed E-state index contributed by atoms with van der Waals surface area (Å²) in [5.74, 6) is 0.656. The van der Waals surface area contributed by atoms with Gasteiger partial charge >= 0.3 is 0 Å². The lowest BCUT2D eigenvalue weighted by atomic mass is 10.2. The molecule has 7 heteroatoms. The standard InChI is InChI=1S/C21H16BrClN2O3/c1-14-2-6-18(11-20(14)23)24-12-16-10-17(22)5-9-21(16)28-13-15-3-7-19(8-4-15)25(26)27/h2-12H,13H2,1H3. The van der Waals surface area contributed by atoms with Crippen molar-refractivity contribution >= 4 is 45.1 Å². The van der Waals surface area contributed by atoms with E-state index in [9.17, 15) is 10.1 Å². The van der Waals surface area contributed by atoms with E-state index in [2.05, 4.69) is 20.9 Å². The fraction of sp³-hybridized carbons (Fsp3) is 0.0952. The number of hydrogen-bond acceptors (Lipinski definition) is 4. The lowest BCUT2D eigenvalue weighted by molar-refractivity contribution is -0.384. The number of nitro groups is 1. The zero-order chi connectivity index (χ0) is 20.1. The van der Waals surface area contributed by atoms with Crippen LogP contribution in [0.2, 0.25) is 5.02 Å². The minimum Gasteiger partial charge on any atom is -0.488 e. The molecule has 0 amide bonds. The van der Waals surface area contributed by atoms with Crippen molar-refractivity contribution in [1.82, 2.24) is 0 Å². The van der Waals surface area contributed by atoms with E-state index in [1.807, 2.05) is 43.3 Å². The number of non-ortho nitro benzene ring substituents is 1. The van der Waals surface area contributed by atoms with Gasteiger partial charge in [0.05, 0.1) is 10.6 Å². The summed E-state index contributed by atoms with van der Waals surface area (Å²) in [6.07, 6.45) is 1.72. The summed E-state index contributed by atoms with van der Waals surface area (Å²) >= 11 is 9.61. The quantitative estimate of drug-likeness (QED) is 0.235. The number of rotatable bonds is 6. The Morgan fingerprint density at radius 1 is 1.14 bits per heavy atom. The number of benzene rings is 3. The molecule has 5 nitrogen and oxygen atoms in total. The first-order valence-electron chi connectivity index (χ1n) is 8.38. The second-order valence-corrected chi connectivity index (χ2v) is 7.41. The molecule has 3 rings (SSSR count). The van der Waals surface area contributed by atoms with Crippen molar-refractivity contribution in [2.24, 2.45) is 4.99 Å². The molecular weight excluding hydrogens is 444 g/mol. The number of nitro benzene ring substituents is 1. The van der Waals surface area contributed by atoms with Gasteiger partial charge in [0.2, 0.25) is 0 Å². The minimum atomic E-state index is -0.425. The number of nitrogens with zero attached hydrogens (tertiary/aromatic N) is 2. The van der Waals surface area contributed by atoms with Crippen LogP contribution in [0.5, 0.6) is 5.75 Å². The van der Waals surface area contributed by atoms with Crippen LogP contribution in [-0.4, -0.2) is 11.1 Å². The van der Waals surface area contributed by atoms with Crippen LogP contribution in [0.3, 0.4) is 0 Å². The van der Waals surface area contributed by atoms with Crippen LogP contribution in [-0.2, 0) is 6.61 Å². The third-order valence-electron chi connectivity index (χ3n) is 4.02. The maximum Gasteiger partial charge on any atom is 0.269 e. The first-order chi connectivity index (χ1) is 13.4. The van der Waals surface area contributed by atoms with Crippen LogP contribution in [0.1, 0.15) is 16.7 Å². The Kier molecular flexibility index (Phi) is 6.44. The van der Waals surface area contributed by atoms with Gasteiger partial charge < -0.3 is 4.74 Å². The summed E-state index contributed by atoms with van der Waals surface area (Å²) in [5, 5.41) is 11.4. The van der Waals surface area contributed by atoms with Crippen molar-refractivity contribution < 1.29 is 9.66 Å². The van der Waals surface area contributed by atoms with Crippen molar-refractivity contribution in [3.63, 3.8) is 0 Å². The van der Waals surface area contributed by atoms with Gasteiger partial charge in [-0.1, -0.05) is 33.6 Å². The van der Waals surface area contributed by atoms with Gasteiger partial charge in [-0.3, -0.25) is 15.1 Å². The fourth-order valence-electron chi connectivity index (χ4n) is 2.43. The SMILES string of the molecule is Cc1ccc(N=Cc2cc(Br)ccc2OCc2ccc([N+](=O)[O-])cc2)cc1Cl. The molecule has 0 saturated heterocycles. The Hall–Kier alpha value is -2.70. The lowest BCUT2D eigenvalue weighted by Crippen LogP contribution is -1.99. The molecule has 0 fully saturated rings. The van der Waals surface area contributed by atoms with E-state index >= 15 is 0 Å². The number of aliphatic imine (C=N–C) groups is 1. The largest absolute Gasteiger partial charge is 0.488 e. The van der Waals surface area contributed by atoms with Gasteiger partial charge in [0.25, 0.3) is 5.69 Å². The van der Waals surface area contributed by atoms with E-state index < -0.39 is 4.92 Å². The molecule has 3 aromatic rings. The zero-order valence-corrected chi connectivity index (χ0v) is 17.3. The predicted molar refractivity (Wildman–Crippen MR) is 115 cm³/mol. The van der Waals surface area contributed by atoms with Gasteiger partial charge in [-0.05, 0) is 60.5 Å². The molecule has 142 valence electrons. The van der Waals surface area contributed by atoms with E-state index in [-0.39, 0.29) is 12.3 Å². The van der Waals surface area contributed by atoms with Crippen LogP contribution < -0.4 is 4.74 Å². The molecule has 0 aliphatic rings. The minimum absolute atomic E-state index is 0.0528. The first-order valence-corrected chi connectivity index (χ1v) is 9.55. The van der Waals surface area contributed by atoms with Crippen LogP contribution >= 0.6 is 27.5 Å². The summed E-state index contributed by atoms with van der Waals surface area (Å²) in [6.45, 7) is 2.23. The molecule has 0 bridgehead atoms. The highest BCUT2D eigenvalue weighted by molar-refractivity contribution is 9.10. The number of aryl methyl sites for hydroxylation is 1. The van der Waals surface area contributed by atoms with Crippen molar-refractivity contribution in [2.45, 2.75) is 13.5 Å². The van der Waals surface area contributed by atoms with Crippen LogP contribution in [0, 0.1) is 17.0 Å². The van der Waals surface area contributed by atoms with Gasteiger partial charge in [0.1, 0.15) is 12.4 Å². The fourth-order valence-corrected chi connectivity index (χ4v) is 2.99. The highest BCUT2D eigenvalue weighted by atomic mass is 79.9. The zero-order valence-electron chi connectivity index (χ0n) is 14.9. The highest BCUT2D eigenvalue weighted by Gasteiger charge is 2.07. The smallest absolute Gasteiger partial charge is 0.269 e. The lowest BCUT2D eigenvalue weighted by Gasteiger charge is -2.10. The average Bonchev–Trinajstić information content (AvgIpc) is 2.68. The monoisotopic (exact) mass is 458 g/mol. The molecule has 0 unspecified atom stereocenters. The molecule has 0 radical (unpaired) electrons. The number of halogens is 2. The van der Waals surface area contributed by atoms with Gasteiger partial charge in [0.15, 0.2) is 0 Å². The summed E-state index contributed by atoms with van der Waals surface area (Å²) in [7, 11) is 0. The van der Waals surface area contributed by atoms with E-state index in [1.165, 1.54) is 12.1 Å². The topological polar surface area (TPSA) is 64.7 Å². The van der Waals surface area contributed by atoms with Crippen molar-refractivity contribution in [1.29, 1.82) is 0 Å². The van der Waals surface area contributed by atoms with Crippen LogP contribution in [0.15, 0.2) is 70.1 Å². The Morgan fingerprint density at radius 2 is 1.89 bits per heavy atom. The summed E-state index contributed by atoms with van der Waals surface area (Å²) < 4.78 is 6.80. The van der Waals surface area contributed by atoms with E-state index in [4.69, 9.17) is 16.3 Å². The normalized spacial score (nSPS) is 11.0. The van der Waals surface area contributed by atoms with Gasteiger partial charge in [0, 0.05) is 33.4 Å².